The van der Waals surface area contributed by atoms with E-state index in [1.165, 1.54) is 19.4 Å². The molecule has 0 fully saturated rings. The van der Waals surface area contributed by atoms with Gasteiger partial charge in [-0.1, -0.05) is 27.7 Å². The van der Waals surface area contributed by atoms with Gasteiger partial charge in [0.05, 0.1) is 0 Å². The van der Waals surface area contributed by atoms with Crippen molar-refractivity contribution < 1.29 is 0 Å². The van der Waals surface area contributed by atoms with Crippen LogP contribution in [0.2, 0.25) is 0 Å². The van der Waals surface area contributed by atoms with E-state index in [0.717, 1.165) is 18.5 Å². The first-order valence-corrected chi connectivity index (χ1v) is 6.79. The summed E-state index contributed by atoms with van der Waals surface area (Å²) in [6, 6.07) is 0.732. The van der Waals surface area contributed by atoms with Crippen LogP contribution in [0.25, 0.3) is 0 Å². The molecule has 0 aliphatic heterocycles. The lowest BCUT2D eigenvalue weighted by Crippen LogP contribution is -2.51. The largest absolute Gasteiger partial charge is 0.314 e. The monoisotopic (exact) mass is 228 g/mol. The topological polar surface area (TPSA) is 15.3 Å². The fourth-order valence-electron chi connectivity index (χ4n) is 2.20. The zero-order valence-electron chi connectivity index (χ0n) is 12.4. The van der Waals surface area contributed by atoms with Gasteiger partial charge in [0.15, 0.2) is 0 Å². The molecule has 0 saturated heterocycles. The molecule has 2 heteroatoms. The van der Waals surface area contributed by atoms with Crippen LogP contribution in [0.3, 0.4) is 0 Å². The lowest BCUT2D eigenvalue weighted by Gasteiger charge is -2.38. The van der Waals surface area contributed by atoms with Gasteiger partial charge in [0.25, 0.3) is 0 Å². The molecule has 0 heterocycles. The molecule has 0 radical (unpaired) electrons. The van der Waals surface area contributed by atoms with E-state index in [-0.39, 0.29) is 5.54 Å². The minimum absolute atomic E-state index is 0.206. The van der Waals surface area contributed by atoms with Crippen LogP contribution in [0.5, 0.6) is 0 Å². The van der Waals surface area contributed by atoms with Crippen molar-refractivity contribution in [2.75, 3.05) is 20.1 Å². The second-order valence-electron chi connectivity index (χ2n) is 5.93. The van der Waals surface area contributed by atoms with Crippen LogP contribution in [0.4, 0.5) is 0 Å². The summed E-state index contributed by atoms with van der Waals surface area (Å²) in [6.07, 6.45) is 2.51. The predicted octanol–water partition coefficient (Wildman–Crippen LogP) is 3.13. The lowest BCUT2D eigenvalue weighted by atomic mass is 10.0. The number of rotatable bonds is 8. The third kappa shape index (κ3) is 5.86. The molecule has 0 spiro atoms. The van der Waals surface area contributed by atoms with Crippen molar-refractivity contribution in [3.05, 3.63) is 0 Å². The standard InChI is InChI=1S/C14H32N2/c1-8-13(9-2)16(10-12(3)4)11-14(5,6)15-7/h12-13,15H,8-11H2,1-7H3. The van der Waals surface area contributed by atoms with E-state index in [0.29, 0.717) is 0 Å². The predicted molar refractivity (Wildman–Crippen MR) is 73.9 cm³/mol. The molecule has 0 atom stereocenters. The van der Waals surface area contributed by atoms with Gasteiger partial charge in [0, 0.05) is 24.7 Å². The highest BCUT2D eigenvalue weighted by Crippen LogP contribution is 2.15. The maximum Gasteiger partial charge on any atom is 0.0249 e. The first-order valence-electron chi connectivity index (χ1n) is 6.79. The Morgan fingerprint density at radius 2 is 1.62 bits per heavy atom. The van der Waals surface area contributed by atoms with Crippen LogP contribution in [0.15, 0.2) is 0 Å². The number of nitrogens with one attached hydrogen (secondary N) is 1. The second-order valence-corrected chi connectivity index (χ2v) is 5.93. The van der Waals surface area contributed by atoms with Crippen molar-refractivity contribution >= 4 is 0 Å². The van der Waals surface area contributed by atoms with Crippen molar-refractivity contribution in [3.8, 4) is 0 Å². The minimum atomic E-state index is 0.206. The average molecular weight is 228 g/mol. The molecule has 0 saturated carbocycles. The van der Waals surface area contributed by atoms with Crippen LogP contribution in [-0.2, 0) is 0 Å². The summed E-state index contributed by atoms with van der Waals surface area (Å²) in [4.78, 5) is 2.65. The van der Waals surface area contributed by atoms with E-state index < -0.39 is 0 Å². The molecule has 0 rings (SSSR count). The fraction of sp³-hybridized carbons (Fsp3) is 1.00. The molecule has 0 aromatic rings. The number of nitrogens with zero attached hydrogens (tertiary/aromatic N) is 1. The molecule has 0 aromatic heterocycles. The number of hydrogen-bond acceptors (Lipinski definition) is 2. The summed E-state index contributed by atoms with van der Waals surface area (Å²) < 4.78 is 0. The quantitative estimate of drug-likeness (QED) is 0.686. The highest BCUT2D eigenvalue weighted by molar-refractivity contribution is 4.83. The lowest BCUT2D eigenvalue weighted by molar-refractivity contribution is 0.128. The van der Waals surface area contributed by atoms with Gasteiger partial charge < -0.3 is 5.32 Å². The van der Waals surface area contributed by atoms with Gasteiger partial charge >= 0.3 is 0 Å². The number of hydrogen-bond donors (Lipinski definition) is 1. The highest BCUT2D eigenvalue weighted by Gasteiger charge is 2.24. The molecule has 0 unspecified atom stereocenters. The molecule has 98 valence electrons. The second kappa shape index (κ2) is 7.29. The Balaban J connectivity index is 4.53. The van der Waals surface area contributed by atoms with Gasteiger partial charge in [-0.3, -0.25) is 4.90 Å². The van der Waals surface area contributed by atoms with E-state index in [1.807, 2.05) is 0 Å². The zero-order chi connectivity index (χ0) is 12.8. The Hall–Kier alpha value is -0.0800. The van der Waals surface area contributed by atoms with Crippen LogP contribution >= 0.6 is 0 Å². The summed E-state index contributed by atoms with van der Waals surface area (Å²) in [5.41, 5.74) is 0.206. The molecule has 2 nitrogen and oxygen atoms in total. The molecule has 16 heavy (non-hydrogen) atoms. The Bertz CT molecular complexity index is 172. The van der Waals surface area contributed by atoms with Crippen LogP contribution in [-0.4, -0.2) is 36.6 Å². The fourth-order valence-corrected chi connectivity index (χ4v) is 2.20. The van der Waals surface area contributed by atoms with Gasteiger partial charge in [-0.25, -0.2) is 0 Å². The molecular weight excluding hydrogens is 196 g/mol. The van der Waals surface area contributed by atoms with Crippen molar-refractivity contribution in [2.24, 2.45) is 5.92 Å². The van der Waals surface area contributed by atoms with Crippen molar-refractivity contribution in [1.29, 1.82) is 0 Å². The molecule has 0 bridgehead atoms. The molecule has 0 amide bonds. The molecule has 1 N–H and O–H groups in total. The SMILES string of the molecule is CCC(CC)N(CC(C)C)CC(C)(C)NC. The van der Waals surface area contributed by atoms with Gasteiger partial charge in [-0.05, 0) is 39.7 Å². The average Bonchev–Trinajstić information content (AvgIpc) is 2.18. The summed E-state index contributed by atoms with van der Waals surface area (Å²) in [5.74, 6) is 0.744. The summed E-state index contributed by atoms with van der Waals surface area (Å²) in [6.45, 7) is 16.1. The number of likely N-dealkylation sites (N-methyl/N-ethyl adjacent to an activating group) is 1. The third-order valence-electron chi connectivity index (χ3n) is 3.33. The van der Waals surface area contributed by atoms with E-state index in [4.69, 9.17) is 0 Å². The Morgan fingerprint density at radius 1 is 1.12 bits per heavy atom. The van der Waals surface area contributed by atoms with Crippen LogP contribution in [0, 0.1) is 5.92 Å². The summed E-state index contributed by atoms with van der Waals surface area (Å²) in [7, 11) is 2.06. The van der Waals surface area contributed by atoms with E-state index >= 15 is 0 Å². The van der Waals surface area contributed by atoms with Gasteiger partial charge in [0.2, 0.25) is 0 Å². The maximum absolute atomic E-state index is 3.41. The van der Waals surface area contributed by atoms with E-state index in [2.05, 4.69) is 58.8 Å². The van der Waals surface area contributed by atoms with Crippen LogP contribution < -0.4 is 5.32 Å². The maximum atomic E-state index is 3.41. The minimum Gasteiger partial charge on any atom is -0.314 e. The molecule has 0 aromatic carbocycles. The normalized spacial score (nSPS) is 13.1. The van der Waals surface area contributed by atoms with Crippen molar-refractivity contribution in [2.45, 2.75) is 66.0 Å². The van der Waals surface area contributed by atoms with Crippen LogP contribution in [0.1, 0.15) is 54.4 Å². The van der Waals surface area contributed by atoms with Gasteiger partial charge in [0.1, 0.15) is 0 Å². The third-order valence-corrected chi connectivity index (χ3v) is 3.33. The first-order chi connectivity index (χ1) is 7.36. The summed E-state index contributed by atoms with van der Waals surface area (Å²) in [5, 5.41) is 3.41. The van der Waals surface area contributed by atoms with Gasteiger partial charge in [-0.15, -0.1) is 0 Å². The zero-order valence-corrected chi connectivity index (χ0v) is 12.4. The summed E-state index contributed by atoms with van der Waals surface area (Å²) >= 11 is 0. The first kappa shape index (κ1) is 15.9. The Kier molecular flexibility index (Phi) is 7.25. The highest BCUT2D eigenvalue weighted by atomic mass is 15.2. The van der Waals surface area contributed by atoms with E-state index in [1.54, 1.807) is 0 Å². The molecule has 0 aliphatic rings. The van der Waals surface area contributed by atoms with Crippen molar-refractivity contribution in [3.63, 3.8) is 0 Å². The Morgan fingerprint density at radius 3 is 1.94 bits per heavy atom. The smallest absolute Gasteiger partial charge is 0.0249 e. The molecule has 0 aliphatic carbocycles. The van der Waals surface area contributed by atoms with Crippen molar-refractivity contribution in [1.82, 2.24) is 10.2 Å². The molecular formula is C14H32N2. The van der Waals surface area contributed by atoms with E-state index in [9.17, 15) is 0 Å². The van der Waals surface area contributed by atoms with Gasteiger partial charge in [-0.2, -0.15) is 0 Å². The Labute approximate surface area is 103 Å².